The Morgan fingerprint density at radius 2 is 1.77 bits per heavy atom. The quantitative estimate of drug-likeness (QED) is 0.534. The van der Waals surface area contributed by atoms with Crippen LogP contribution in [0.25, 0.3) is 0 Å². The Kier molecular flexibility index (Phi) is 7.17. The van der Waals surface area contributed by atoms with Crippen LogP contribution in [0.2, 0.25) is 0 Å². The minimum atomic E-state index is -0.121. The summed E-state index contributed by atoms with van der Waals surface area (Å²) in [6.45, 7) is 4.25. The number of carbonyl (C=O) groups excluding carboxylic acids is 1. The van der Waals surface area contributed by atoms with Gasteiger partial charge in [-0.1, -0.05) is 30.3 Å². The SMILES string of the molecule is O=C(NCCc1ccc(Oc2ccccc2)cc1)c1cnc(N2CCNCC2)c(Br)c1. The molecule has 0 atom stereocenters. The van der Waals surface area contributed by atoms with E-state index >= 15 is 0 Å². The van der Waals surface area contributed by atoms with Crippen molar-refractivity contribution in [3.63, 3.8) is 0 Å². The first-order valence-corrected chi connectivity index (χ1v) is 11.2. The lowest BCUT2D eigenvalue weighted by atomic mass is 10.1. The van der Waals surface area contributed by atoms with Crippen molar-refractivity contribution >= 4 is 27.7 Å². The van der Waals surface area contributed by atoms with Crippen molar-refractivity contribution in [1.29, 1.82) is 0 Å². The van der Waals surface area contributed by atoms with Crippen LogP contribution in [0.15, 0.2) is 71.3 Å². The largest absolute Gasteiger partial charge is 0.457 e. The number of pyridine rings is 1. The fourth-order valence-corrected chi connectivity index (χ4v) is 4.04. The number of benzene rings is 2. The standard InChI is InChI=1S/C24H25BrN4O2/c25-22-16-19(17-28-23(22)29-14-12-26-13-15-29)24(30)27-11-10-18-6-8-21(9-7-18)31-20-4-2-1-3-5-20/h1-9,16-17,26H,10-15H2,(H,27,30). The first kappa shape index (κ1) is 21.3. The maximum absolute atomic E-state index is 12.5. The van der Waals surface area contributed by atoms with Gasteiger partial charge in [-0.25, -0.2) is 4.98 Å². The summed E-state index contributed by atoms with van der Waals surface area (Å²) >= 11 is 3.57. The molecule has 1 amide bonds. The number of rotatable bonds is 7. The summed E-state index contributed by atoms with van der Waals surface area (Å²) in [5.74, 6) is 2.37. The van der Waals surface area contributed by atoms with E-state index in [4.69, 9.17) is 4.74 Å². The van der Waals surface area contributed by atoms with E-state index in [0.29, 0.717) is 12.1 Å². The smallest absolute Gasteiger partial charge is 0.252 e. The van der Waals surface area contributed by atoms with Crippen LogP contribution in [0.1, 0.15) is 15.9 Å². The lowest BCUT2D eigenvalue weighted by Gasteiger charge is -2.29. The van der Waals surface area contributed by atoms with E-state index in [-0.39, 0.29) is 5.91 Å². The van der Waals surface area contributed by atoms with Gasteiger partial charge in [0.05, 0.1) is 10.0 Å². The highest BCUT2D eigenvalue weighted by atomic mass is 79.9. The summed E-state index contributed by atoms with van der Waals surface area (Å²) in [5.41, 5.74) is 1.69. The molecule has 3 aromatic rings. The summed E-state index contributed by atoms with van der Waals surface area (Å²) in [5, 5.41) is 6.30. The predicted molar refractivity (Wildman–Crippen MR) is 126 cm³/mol. The van der Waals surface area contributed by atoms with Crippen molar-refractivity contribution in [2.24, 2.45) is 0 Å². The fourth-order valence-electron chi connectivity index (χ4n) is 3.44. The number of hydrogen-bond acceptors (Lipinski definition) is 5. The highest BCUT2D eigenvalue weighted by molar-refractivity contribution is 9.10. The van der Waals surface area contributed by atoms with Crippen LogP contribution in [0.3, 0.4) is 0 Å². The first-order chi connectivity index (χ1) is 15.2. The second-order valence-corrected chi connectivity index (χ2v) is 8.19. The van der Waals surface area contributed by atoms with Crippen molar-refractivity contribution in [2.75, 3.05) is 37.6 Å². The van der Waals surface area contributed by atoms with Gasteiger partial charge in [0.25, 0.3) is 5.91 Å². The second kappa shape index (κ2) is 10.4. The molecule has 0 spiro atoms. The Morgan fingerprint density at radius 1 is 1.06 bits per heavy atom. The summed E-state index contributed by atoms with van der Waals surface area (Å²) in [7, 11) is 0. The highest BCUT2D eigenvalue weighted by Crippen LogP contribution is 2.25. The number of aromatic nitrogens is 1. The molecule has 6 nitrogen and oxygen atoms in total. The number of amides is 1. The molecule has 7 heteroatoms. The van der Waals surface area contributed by atoms with Crippen LogP contribution in [0.5, 0.6) is 11.5 Å². The van der Waals surface area contributed by atoms with Crippen LogP contribution in [0, 0.1) is 0 Å². The van der Waals surface area contributed by atoms with E-state index in [1.165, 1.54) is 0 Å². The van der Waals surface area contributed by atoms with Gasteiger partial charge >= 0.3 is 0 Å². The van der Waals surface area contributed by atoms with Crippen molar-refractivity contribution in [3.05, 3.63) is 82.5 Å². The summed E-state index contributed by atoms with van der Waals surface area (Å²) in [4.78, 5) is 19.2. The summed E-state index contributed by atoms with van der Waals surface area (Å²) in [6, 6.07) is 19.5. The topological polar surface area (TPSA) is 66.5 Å². The van der Waals surface area contributed by atoms with Crippen molar-refractivity contribution in [3.8, 4) is 11.5 Å². The van der Waals surface area contributed by atoms with Gasteiger partial charge in [0.2, 0.25) is 0 Å². The number of halogens is 1. The maximum Gasteiger partial charge on any atom is 0.252 e. The zero-order chi connectivity index (χ0) is 21.5. The third-order valence-electron chi connectivity index (χ3n) is 5.10. The van der Waals surface area contributed by atoms with Crippen molar-refractivity contribution in [1.82, 2.24) is 15.6 Å². The molecule has 1 aromatic heterocycles. The zero-order valence-electron chi connectivity index (χ0n) is 17.2. The van der Waals surface area contributed by atoms with Gasteiger partial charge in [0, 0.05) is 38.9 Å². The minimum Gasteiger partial charge on any atom is -0.457 e. The number of anilines is 1. The molecule has 0 radical (unpaired) electrons. The Hall–Kier alpha value is -2.90. The molecule has 1 saturated heterocycles. The highest BCUT2D eigenvalue weighted by Gasteiger charge is 2.16. The third kappa shape index (κ3) is 5.83. The third-order valence-corrected chi connectivity index (χ3v) is 5.69. The Labute approximate surface area is 190 Å². The molecule has 0 saturated carbocycles. The van der Waals surface area contributed by atoms with E-state index in [9.17, 15) is 4.79 Å². The molecule has 1 fully saturated rings. The molecule has 2 N–H and O–H groups in total. The normalized spacial score (nSPS) is 13.6. The number of hydrogen-bond donors (Lipinski definition) is 2. The molecule has 160 valence electrons. The van der Waals surface area contributed by atoms with Gasteiger partial charge in [-0.3, -0.25) is 4.79 Å². The lowest BCUT2D eigenvalue weighted by Crippen LogP contribution is -2.44. The Bertz CT molecular complexity index is 1010. The maximum atomic E-state index is 12.5. The van der Waals surface area contributed by atoms with E-state index in [2.05, 4.69) is 36.4 Å². The van der Waals surface area contributed by atoms with E-state index in [1.54, 1.807) is 6.20 Å². The summed E-state index contributed by atoms with van der Waals surface area (Å²) in [6.07, 6.45) is 2.39. The average molecular weight is 481 g/mol. The molecule has 0 aliphatic carbocycles. The zero-order valence-corrected chi connectivity index (χ0v) is 18.8. The Balaban J connectivity index is 1.27. The van der Waals surface area contributed by atoms with Gasteiger partial charge in [-0.2, -0.15) is 0 Å². The van der Waals surface area contributed by atoms with E-state index < -0.39 is 0 Å². The predicted octanol–water partition coefficient (Wildman–Crippen LogP) is 4.02. The van der Waals surface area contributed by atoms with Gasteiger partial charge in [-0.05, 0) is 58.2 Å². The number of carbonyl (C=O) groups is 1. The van der Waals surface area contributed by atoms with E-state index in [1.807, 2.05) is 60.7 Å². The minimum absolute atomic E-state index is 0.121. The van der Waals surface area contributed by atoms with Crippen LogP contribution in [-0.4, -0.2) is 43.6 Å². The van der Waals surface area contributed by atoms with Gasteiger partial charge < -0.3 is 20.3 Å². The molecule has 1 aliphatic heterocycles. The average Bonchev–Trinajstić information content (AvgIpc) is 2.81. The van der Waals surface area contributed by atoms with Crippen LogP contribution >= 0.6 is 15.9 Å². The number of para-hydroxylation sites is 1. The number of nitrogens with zero attached hydrogens (tertiary/aromatic N) is 2. The van der Waals surface area contributed by atoms with Crippen molar-refractivity contribution < 1.29 is 9.53 Å². The monoisotopic (exact) mass is 480 g/mol. The van der Waals surface area contributed by atoms with E-state index in [0.717, 1.165) is 60.0 Å². The molecule has 0 bridgehead atoms. The molecular formula is C24H25BrN4O2. The molecular weight excluding hydrogens is 456 g/mol. The van der Waals surface area contributed by atoms with Gasteiger partial charge in [0.1, 0.15) is 17.3 Å². The number of ether oxygens (including phenoxy) is 1. The lowest BCUT2D eigenvalue weighted by molar-refractivity contribution is 0.0953. The number of piperazine rings is 1. The van der Waals surface area contributed by atoms with Gasteiger partial charge in [0.15, 0.2) is 0 Å². The molecule has 0 unspecified atom stereocenters. The van der Waals surface area contributed by atoms with Gasteiger partial charge in [-0.15, -0.1) is 0 Å². The number of nitrogens with one attached hydrogen (secondary N) is 2. The molecule has 2 aromatic carbocycles. The second-order valence-electron chi connectivity index (χ2n) is 7.33. The first-order valence-electron chi connectivity index (χ1n) is 10.4. The summed E-state index contributed by atoms with van der Waals surface area (Å²) < 4.78 is 6.65. The van der Waals surface area contributed by atoms with Crippen LogP contribution in [0.4, 0.5) is 5.82 Å². The fraction of sp³-hybridized carbons (Fsp3) is 0.250. The Morgan fingerprint density at radius 3 is 2.48 bits per heavy atom. The molecule has 2 heterocycles. The van der Waals surface area contributed by atoms with Crippen LogP contribution < -0.4 is 20.3 Å². The van der Waals surface area contributed by atoms with Crippen molar-refractivity contribution in [2.45, 2.75) is 6.42 Å². The molecule has 1 aliphatic rings. The molecule has 31 heavy (non-hydrogen) atoms. The molecule has 4 rings (SSSR count). The van der Waals surface area contributed by atoms with Crippen LogP contribution in [-0.2, 0) is 6.42 Å².